The average Bonchev–Trinajstić information content (AvgIpc) is 3.25. The minimum atomic E-state index is 0.274. The van der Waals surface area contributed by atoms with Crippen molar-refractivity contribution in [3.05, 3.63) is 60.7 Å². The van der Waals surface area contributed by atoms with Crippen LogP contribution in [0.5, 0.6) is 17.2 Å². The van der Waals surface area contributed by atoms with E-state index in [2.05, 4.69) is 17.1 Å². The molecule has 23 heavy (non-hydrogen) atoms. The molecule has 1 aliphatic rings. The molecule has 2 heterocycles. The average molecular weight is 308 g/mol. The van der Waals surface area contributed by atoms with Crippen molar-refractivity contribution in [2.75, 3.05) is 13.9 Å². The Morgan fingerprint density at radius 2 is 2.04 bits per heavy atom. The summed E-state index contributed by atoms with van der Waals surface area (Å²) in [5, 5.41) is 0. The first-order chi connectivity index (χ1) is 11.3. The maximum Gasteiger partial charge on any atom is 0.231 e. The zero-order chi connectivity index (χ0) is 15.6. The summed E-state index contributed by atoms with van der Waals surface area (Å²) in [5.41, 5.74) is 3.25. The van der Waals surface area contributed by atoms with Gasteiger partial charge in [0, 0.05) is 24.5 Å². The second-order valence-electron chi connectivity index (χ2n) is 5.34. The molecule has 0 unspecified atom stereocenters. The first-order valence-corrected chi connectivity index (χ1v) is 7.36. The molecule has 5 heteroatoms. The molecule has 0 amide bonds. The first-order valence-electron chi connectivity index (χ1n) is 7.36. The Kier molecular flexibility index (Phi) is 3.38. The Morgan fingerprint density at radius 1 is 1.13 bits per heavy atom. The number of nitrogens with zero attached hydrogens (tertiary/aromatic N) is 2. The van der Waals surface area contributed by atoms with Gasteiger partial charge < -0.3 is 18.8 Å². The van der Waals surface area contributed by atoms with E-state index in [0.29, 0.717) is 0 Å². The fourth-order valence-corrected chi connectivity index (χ4v) is 2.73. The quantitative estimate of drug-likeness (QED) is 0.741. The molecular formula is C18H16N2O3. The second kappa shape index (κ2) is 5.68. The molecule has 5 nitrogen and oxygen atoms in total. The number of benzene rings is 2. The van der Waals surface area contributed by atoms with E-state index in [9.17, 15) is 0 Å². The summed E-state index contributed by atoms with van der Waals surface area (Å²) < 4.78 is 18.4. The molecule has 0 aliphatic carbocycles. The first kappa shape index (κ1) is 13.7. The molecule has 2 aromatic carbocycles. The third-order valence-corrected chi connectivity index (χ3v) is 3.87. The van der Waals surface area contributed by atoms with Crippen LogP contribution in [0.25, 0.3) is 11.1 Å². The van der Waals surface area contributed by atoms with Gasteiger partial charge in [0.1, 0.15) is 5.75 Å². The molecule has 3 aromatic rings. The Labute approximate surface area is 134 Å². The summed E-state index contributed by atoms with van der Waals surface area (Å²) in [7, 11) is 1.68. The summed E-state index contributed by atoms with van der Waals surface area (Å²) in [6.07, 6.45) is 5.54. The smallest absolute Gasteiger partial charge is 0.231 e. The molecule has 116 valence electrons. The zero-order valence-electron chi connectivity index (χ0n) is 12.7. The Balaban J connectivity index is 1.73. The molecular weight excluding hydrogens is 292 g/mol. The van der Waals surface area contributed by atoms with Crippen molar-refractivity contribution in [1.82, 2.24) is 9.55 Å². The summed E-state index contributed by atoms with van der Waals surface area (Å²) in [6, 6.07) is 12.1. The van der Waals surface area contributed by atoms with Gasteiger partial charge in [-0.2, -0.15) is 0 Å². The summed E-state index contributed by atoms with van der Waals surface area (Å²) in [4.78, 5) is 4.08. The SMILES string of the molecule is COc1ccc(Cn2ccnc2)cc1-c1ccc2c(c1)OCO2. The largest absolute Gasteiger partial charge is 0.496 e. The van der Waals surface area contributed by atoms with Crippen molar-refractivity contribution in [1.29, 1.82) is 0 Å². The fraction of sp³-hybridized carbons (Fsp3) is 0.167. The number of methoxy groups -OCH3 is 1. The van der Waals surface area contributed by atoms with E-state index in [4.69, 9.17) is 14.2 Å². The van der Waals surface area contributed by atoms with Gasteiger partial charge in [-0.3, -0.25) is 0 Å². The van der Waals surface area contributed by atoms with Crippen LogP contribution in [0, 0.1) is 0 Å². The third kappa shape index (κ3) is 2.61. The van der Waals surface area contributed by atoms with Crippen LogP contribution in [-0.2, 0) is 6.54 Å². The molecule has 4 rings (SSSR count). The van der Waals surface area contributed by atoms with Crippen LogP contribution >= 0.6 is 0 Å². The molecule has 0 spiro atoms. The van der Waals surface area contributed by atoms with Gasteiger partial charge in [-0.05, 0) is 35.4 Å². The number of hydrogen-bond acceptors (Lipinski definition) is 4. The summed E-state index contributed by atoms with van der Waals surface area (Å²) in [5.74, 6) is 2.38. The maximum absolute atomic E-state index is 5.52. The number of aromatic nitrogens is 2. The molecule has 0 radical (unpaired) electrons. The highest BCUT2D eigenvalue weighted by Crippen LogP contribution is 2.39. The number of ether oxygens (including phenoxy) is 3. The van der Waals surface area contributed by atoms with E-state index in [0.717, 1.165) is 34.9 Å². The number of imidazole rings is 1. The van der Waals surface area contributed by atoms with Crippen LogP contribution in [0.2, 0.25) is 0 Å². The molecule has 0 fully saturated rings. The van der Waals surface area contributed by atoms with Crippen molar-refractivity contribution < 1.29 is 14.2 Å². The van der Waals surface area contributed by atoms with Gasteiger partial charge in [0.05, 0.1) is 13.4 Å². The molecule has 0 N–H and O–H groups in total. The lowest BCUT2D eigenvalue weighted by atomic mass is 10.0. The van der Waals surface area contributed by atoms with Crippen LogP contribution in [0.1, 0.15) is 5.56 Å². The highest BCUT2D eigenvalue weighted by atomic mass is 16.7. The number of fused-ring (bicyclic) bond motifs is 1. The lowest BCUT2D eigenvalue weighted by molar-refractivity contribution is 0.174. The Morgan fingerprint density at radius 3 is 2.87 bits per heavy atom. The van der Waals surface area contributed by atoms with Crippen LogP contribution in [0.15, 0.2) is 55.1 Å². The number of hydrogen-bond donors (Lipinski definition) is 0. The van der Waals surface area contributed by atoms with Gasteiger partial charge in [0.2, 0.25) is 6.79 Å². The van der Waals surface area contributed by atoms with Gasteiger partial charge in [-0.15, -0.1) is 0 Å². The minimum absolute atomic E-state index is 0.274. The molecule has 0 saturated carbocycles. The zero-order valence-corrected chi connectivity index (χ0v) is 12.7. The maximum atomic E-state index is 5.52. The highest BCUT2D eigenvalue weighted by Gasteiger charge is 2.16. The summed E-state index contributed by atoms with van der Waals surface area (Å²) >= 11 is 0. The second-order valence-corrected chi connectivity index (χ2v) is 5.34. The van der Waals surface area contributed by atoms with Crippen molar-refractivity contribution in [3.8, 4) is 28.4 Å². The molecule has 0 saturated heterocycles. The molecule has 0 atom stereocenters. The van der Waals surface area contributed by atoms with Gasteiger partial charge in [0.15, 0.2) is 11.5 Å². The molecule has 1 aromatic heterocycles. The standard InChI is InChI=1S/C18H16N2O3/c1-21-16-4-2-13(10-20-7-6-19-11-20)8-15(16)14-3-5-17-18(9-14)23-12-22-17/h2-9,11H,10,12H2,1H3. The van der Waals surface area contributed by atoms with E-state index in [1.54, 1.807) is 13.3 Å². The van der Waals surface area contributed by atoms with Crippen LogP contribution < -0.4 is 14.2 Å². The lowest BCUT2D eigenvalue weighted by Gasteiger charge is -2.12. The summed E-state index contributed by atoms with van der Waals surface area (Å²) in [6.45, 7) is 1.04. The predicted molar refractivity (Wildman–Crippen MR) is 85.9 cm³/mol. The topological polar surface area (TPSA) is 45.5 Å². The Bertz CT molecular complexity index is 828. The third-order valence-electron chi connectivity index (χ3n) is 3.87. The van der Waals surface area contributed by atoms with Gasteiger partial charge in [-0.1, -0.05) is 12.1 Å². The normalized spacial score (nSPS) is 12.4. The molecule has 1 aliphatic heterocycles. The van der Waals surface area contributed by atoms with E-state index in [-0.39, 0.29) is 6.79 Å². The predicted octanol–water partition coefficient (Wildman–Crippen LogP) is 3.34. The molecule has 0 bridgehead atoms. The van der Waals surface area contributed by atoms with E-state index >= 15 is 0 Å². The van der Waals surface area contributed by atoms with E-state index < -0.39 is 0 Å². The van der Waals surface area contributed by atoms with Crippen molar-refractivity contribution in [3.63, 3.8) is 0 Å². The van der Waals surface area contributed by atoms with Crippen molar-refractivity contribution in [2.24, 2.45) is 0 Å². The van der Waals surface area contributed by atoms with Crippen molar-refractivity contribution >= 4 is 0 Å². The van der Waals surface area contributed by atoms with Gasteiger partial charge in [-0.25, -0.2) is 4.98 Å². The van der Waals surface area contributed by atoms with E-state index in [1.165, 1.54) is 5.56 Å². The lowest BCUT2D eigenvalue weighted by Crippen LogP contribution is -1.98. The van der Waals surface area contributed by atoms with Crippen LogP contribution in [0.4, 0.5) is 0 Å². The van der Waals surface area contributed by atoms with Gasteiger partial charge >= 0.3 is 0 Å². The Hall–Kier alpha value is -2.95. The monoisotopic (exact) mass is 308 g/mol. The van der Waals surface area contributed by atoms with Crippen LogP contribution in [0.3, 0.4) is 0 Å². The minimum Gasteiger partial charge on any atom is -0.496 e. The number of rotatable bonds is 4. The van der Waals surface area contributed by atoms with Crippen molar-refractivity contribution in [2.45, 2.75) is 6.54 Å². The van der Waals surface area contributed by atoms with E-state index in [1.807, 2.05) is 41.4 Å². The van der Waals surface area contributed by atoms with Crippen LogP contribution in [-0.4, -0.2) is 23.5 Å². The van der Waals surface area contributed by atoms with Gasteiger partial charge in [0.25, 0.3) is 0 Å². The fourth-order valence-electron chi connectivity index (χ4n) is 2.73. The highest BCUT2D eigenvalue weighted by molar-refractivity contribution is 5.73.